The molecule has 0 spiro atoms. The van der Waals surface area contributed by atoms with Crippen LogP contribution in [0.1, 0.15) is 23.6 Å². The largest absolute Gasteiger partial charge is 0.355 e. The number of nitrogens with zero attached hydrogens (tertiary/aromatic N) is 1. The first-order chi connectivity index (χ1) is 16.9. The van der Waals surface area contributed by atoms with Crippen LogP contribution >= 0.6 is 35.0 Å². The number of carbonyl (C=O) groups excluding carboxylic acids is 2. The monoisotopic (exact) mass is 532 g/mol. The van der Waals surface area contributed by atoms with Crippen molar-refractivity contribution in [3.8, 4) is 0 Å². The zero-order valence-electron chi connectivity index (χ0n) is 19.3. The van der Waals surface area contributed by atoms with Crippen LogP contribution in [0.2, 0.25) is 10.0 Å². The molecule has 35 heavy (non-hydrogen) atoms. The molecule has 0 radical (unpaired) electrons. The number of thioether (sulfide) groups is 1. The molecule has 0 fully saturated rings. The molecule has 2 amide bonds. The van der Waals surface area contributed by atoms with Gasteiger partial charge in [0.25, 0.3) is 0 Å². The van der Waals surface area contributed by atoms with Crippen LogP contribution in [0.5, 0.6) is 0 Å². The molecule has 0 aliphatic rings. The summed E-state index contributed by atoms with van der Waals surface area (Å²) in [5.74, 6) is 0.0394. The standard InChI is InChI=1S/C27H27Cl2FN2O2S/c1-2-31-27(34)25(15-19-6-4-3-5-7-19)32(16-21-10-13-23(28)24(29)14-21)26(33)18-35-17-20-8-11-22(30)12-9-20/h3-14,25H,2,15-18H2,1H3,(H,31,34)/t25-/m1/s1. The molecule has 3 aromatic rings. The Morgan fingerprint density at radius 1 is 0.943 bits per heavy atom. The maximum absolute atomic E-state index is 13.5. The molecular weight excluding hydrogens is 506 g/mol. The van der Waals surface area contributed by atoms with Gasteiger partial charge in [0, 0.05) is 25.3 Å². The van der Waals surface area contributed by atoms with Crippen molar-refractivity contribution in [2.75, 3.05) is 12.3 Å². The number of halogens is 3. The fraction of sp³-hybridized carbons (Fsp3) is 0.259. The normalized spacial score (nSPS) is 11.7. The van der Waals surface area contributed by atoms with Gasteiger partial charge in [0.05, 0.1) is 15.8 Å². The first-order valence-electron chi connectivity index (χ1n) is 11.2. The summed E-state index contributed by atoms with van der Waals surface area (Å²) in [5.41, 5.74) is 2.65. The topological polar surface area (TPSA) is 49.4 Å². The van der Waals surface area contributed by atoms with Gasteiger partial charge in [-0.1, -0.05) is 71.7 Å². The Hall–Kier alpha value is -2.54. The van der Waals surface area contributed by atoms with Gasteiger partial charge in [-0.3, -0.25) is 9.59 Å². The highest BCUT2D eigenvalue weighted by atomic mass is 35.5. The van der Waals surface area contributed by atoms with Crippen LogP contribution < -0.4 is 5.32 Å². The molecule has 0 aliphatic heterocycles. The number of rotatable bonds is 11. The SMILES string of the molecule is CCNC(=O)[C@@H](Cc1ccccc1)N(Cc1ccc(Cl)c(Cl)c1)C(=O)CSCc1ccc(F)cc1. The second kappa shape index (κ2) is 13.5. The number of carbonyl (C=O) groups is 2. The molecule has 0 aromatic heterocycles. The van der Waals surface area contributed by atoms with E-state index in [4.69, 9.17) is 23.2 Å². The molecule has 0 aliphatic carbocycles. The zero-order valence-corrected chi connectivity index (χ0v) is 21.7. The van der Waals surface area contributed by atoms with Crippen molar-refractivity contribution < 1.29 is 14.0 Å². The molecule has 0 bridgehead atoms. The molecule has 4 nitrogen and oxygen atoms in total. The summed E-state index contributed by atoms with van der Waals surface area (Å²) in [6, 6.07) is 20.3. The predicted molar refractivity (Wildman–Crippen MR) is 142 cm³/mol. The summed E-state index contributed by atoms with van der Waals surface area (Å²) in [6.45, 7) is 2.51. The molecule has 8 heteroatoms. The number of nitrogens with one attached hydrogen (secondary N) is 1. The van der Waals surface area contributed by atoms with E-state index in [-0.39, 0.29) is 29.9 Å². The average Bonchev–Trinajstić information content (AvgIpc) is 2.85. The van der Waals surface area contributed by atoms with Gasteiger partial charge in [0.1, 0.15) is 11.9 Å². The summed E-state index contributed by atoms with van der Waals surface area (Å²) in [4.78, 5) is 28.2. The van der Waals surface area contributed by atoms with Gasteiger partial charge in [-0.2, -0.15) is 0 Å². The lowest BCUT2D eigenvalue weighted by Gasteiger charge is -2.31. The molecule has 1 N–H and O–H groups in total. The minimum absolute atomic E-state index is 0.170. The molecule has 0 unspecified atom stereocenters. The molecule has 0 saturated heterocycles. The maximum Gasteiger partial charge on any atom is 0.243 e. The molecule has 1 atom stereocenters. The van der Waals surface area contributed by atoms with Crippen molar-refractivity contribution in [1.82, 2.24) is 10.2 Å². The van der Waals surface area contributed by atoms with Crippen LogP contribution in [0.3, 0.4) is 0 Å². The first-order valence-corrected chi connectivity index (χ1v) is 13.2. The number of hydrogen-bond acceptors (Lipinski definition) is 3. The van der Waals surface area contributed by atoms with E-state index in [0.717, 1.165) is 16.7 Å². The van der Waals surface area contributed by atoms with Crippen molar-refractivity contribution in [3.05, 3.63) is 105 Å². The summed E-state index contributed by atoms with van der Waals surface area (Å²) < 4.78 is 13.2. The van der Waals surface area contributed by atoms with E-state index in [1.807, 2.05) is 37.3 Å². The zero-order chi connectivity index (χ0) is 25.2. The Bertz CT molecular complexity index is 1130. The van der Waals surface area contributed by atoms with E-state index in [1.165, 1.54) is 23.9 Å². The van der Waals surface area contributed by atoms with E-state index < -0.39 is 6.04 Å². The minimum atomic E-state index is -0.703. The predicted octanol–water partition coefficient (Wildman–Crippen LogP) is 6.14. The number of benzene rings is 3. The van der Waals surface area contributed by atoms with Gasteiger partial charge in [-0.25, -0.2) is 4.39 Å². The maximum atomic E-state index is 13.5. The van der Waals surface area contributed by atoms with Gasteiger partial charge in [0.2, 0.25) is 11.8 Å². The molecular formula is C27H27Cl2FN2O2S. The Kier molecular flexibility index (Phi) is 10.5. The summed E-state index contributed by atoms with van der Waals surface area (Å²) in [5, 5.41) is 3.68. The quantitative estimate of drug-likeness (QED) is 0.322. The lowest BCUT2D eigenvalue weighted by atomic mass is 10.0. The third-order valence-electron chi connectivity index (χ3n) is 5.37. The van der Waals surface area contributed by atoms with Crippen LogP contribution in [0.4, 0.5) is 4.39 Å². The van der Waals surface area contributed by atoms with E-state index in [2.05, 4.69) is 5.32 Å². The lowest BCUT2D eigenvalue weighted by Crippen LogP contribution is -2.51. The van der Waals surface area contributed by atoms with Crippen molar-refractivity contribution in [1.29, 1.82) is 0 Å². The van der Waals surface area contributed by atoms with E-state index >= 15 is 0 Å². The summed E-state index contributed by atoms with van der Waals surface area (Å²) >= 11 is 13.7. The van der Waals surface area contributed by atoms with Crippen LogP contribution in [-0.2, 0) is 28.3 Å². The van der Waals surface area contributed by atoms with Crippen LogP contribution in [0.25, 0.3) is 0 Å². The van der Waals surface area contributed by atoms with Crippen molar-refractivity contribution >= 4 is 46.8 Å². The summed E-state index contributed by atoms with van der Waals surface area (Å²) in [6.07, 6.45) is 0.377. The Morgan fingerprint density at radius 2 is 1.63 bits per heavy atom. The fourth-order valence-corrected chi connectivity index (χ4v) is 4.79. The fourth-order valence-electron chi connectivity index (χ4n) is 3.60. The van der Waals surface area contributed by atoms with Gasteiger partial charge in [-0.05, 0) is 47.9 Å². The molecule has 3 aromatic carbocycles. The second-order valence-electron chi connectivity index (χ2n) is 7.99. The average molecular weight is 533 g/mol. The Balaban J connectivity index is 1.84. The molecule has 0 heterocycles. The Morgan fingerprint density at radius 3 is 2.29 bits per heavy atom. The van der Waals surface area contributed by atoms with Crippen LogP contribution in [0, 0.1) is 5.82 Å². The summed E-state index contributed by atoms with van der Waals surface area (Å²) in [7, 11) is 0. The van der Waals surface area contributed by atoms with Gasteiger partial charge in [0.15, 0.2) is 0 Å². The number of hydrogen-bond donors (Lipinski definition) is 1. The van der Waals surface area contributed by atoms with Crippen molar-refractivity contribution in [2.45, 2.75) is 31.7 Å². The molecule has 0 saturated carbocycles. The third kappa shape index (κ3) is 8.27. The van der Waals surface area contributed by atoms with Crippen LogP contribution in [0.15, 0.2) is 72.8 Å². The Labute approximate surface area is 219 Å². The smallest absolute Gasteiger partial charge is 0.243 e. The minimum Gasteiger partial charge on any atom is -0.355 e. The first kappa shape index (κ1) is 27.1. The number of likely N-dealkylation sites (N-methyl/N-ethyl adjacent to an activating group) is 1. The highest BCUT2D eigenvalue weighted by Gasteiger charge is 2.30. The highest BCUT2D eigenvalue weighted by molar-refractivity contribution is 7.99. The van der Waals surface area contributed by atoms with Gasteiger partial charge in [-0.15, -0.1) is 11.8 Å². The number of amides is 2. The van der Waals surface area contributed by atoms with Crippen molar-refractivity contribution in [3.63, 3.8) is 0 Å². The third-order valence-corrected chi connectivity index (χ3v) is 7.09. The molecule has 3 rings (SSSR count). The van der Waals surface area contributed by atoms with Gasteiger partial charge < -0.3 is 10.2 Å². The van der Waals surface area contributed by atoms with E-state index in [0.29, 0.717) is 28.8 Å². The lowest BCUT2D eigenvalue weighted by molar-refractivity contribution is -0.139. The van der Waals surface area contributed by atoms with Gasteiger partial charge >= 0.3 is 0 Å². The van der Waals surface area contributed by atoms with E-state index in [9.17, 15) is 14.0 Å². The van der Waals surface area contributed by atoms with Crippen molar-refractivity contribution in [2.24, 2.45) is 0 Å². The second-order valence-corrected chi connectivity index (χ2v) is 9.79. The van der Waals surface area contributed by atoms with E-state index in [1.54, 1.807) is 35.2 Å². The van der Waals surface area contributed by atoms with Crippen LogP contribution in [-0.4, -0.2) is 35.1 Å². The highest BCUT2D eigenvalue weighted by Crippen LogP contribution is 2.25. The molecule has 184 valence electrons.